The molecule has 0 radical (unpaired) electrons. The maximum absolute atomic E-state index is 11.8. The summed E-state index contributed by atoms with van der Waals surface area (Å²) >= 11 is 0. The van der Waals surface area contributed by atoms with Crippen LogP contribution in [0.4, 0.5) is 5.82 Å². The van der Waals surface area contributed by atoms with Gasteiger partial charge in [-0.3, -0.25) is 4.79 Å². The van der Waals surface area contributed by atoms with Gasteiger partial charge < -0.3 is 14.7 Å². The maximum Gasteiger partial charge on any atom is 0.307 e. The minimum atomic E-state index is -3.16. The van der Waals surface area contributed by atoms with Crippen molar-refractivity contribution in [3.8, 4) is 16.9 Å². The second-order valence-electron chi connectivity index (χ2n) is 10.6. The lowest BCUT2D eigenvalue weighted by Crippen LogP contribution is -2.48. The van der Waals surface area contributed by atoms with Gasteiger partial charge in [0.25, 0.3) is 0 Å². The van der Waals surface area contributed by atoms with E-state index < -0.39 is 16.0 Å². The molecular formula is C29H31N3O5S. The summed E-state index contributed by atoms with van der Waals surface area (Å²) in [5.74, 6) is 1.19. The third-order valence-electron chi connectivity index (χ3n) is 8.13. The highest BCUT2D eigenvalue weighted by Crippen LogP contribution is 2.61. The monoisotopic (exact) mass is 533 g/mol. The number of carbonyl (C=O) groups is 1. The molecule has 8 nitrogen and oxygen atoms in total. The molecule has 1 N–H and O–H groups in total. The fourth-order valence-corrected chi connectivity index (χ4v) is 6.92. The molecule has 9 heteroatoms. The number of hydrogen-bond acceptors (Lipinski definition) is 6. The Morgan fingerprint density at radius 2 is 1.87 bits per heavy atom. The lowest BCUT2D eigenvalue weighted by atomic mass is 10.0. The average Bonchev–Trinajstić information content (AvgIpc) is 3.49. The Kier molecular flexibility index (Phi) is 6.15. The molecule has 1 saturated heterocycles. The molecule has 198 valence electrons. The Hall–Kier alpha value is -3.43. The standard InChI is InChI=1S/C29H31N3O5S/c1-18-23(8-9-26(30-18)31-10-12-32(13-11-31)38(2,35)36)20-5-3-4-19(14-20)17-37-22-6-7-24-21(15-22)16-25-27(24)28(25)29(33)34/h3-9,14-15,25,27-28H,10-13,16-17H2,1-2H3,(H,33,34)/t25-,27+,28?/m1/s1. The van der Waals surface area contributed by atoms with E-state index in [0.29, 0.717) is 32.8 Å². The summed E-state index contributed by atoms with van der Waals surface area (Å²) in [6, 6.07) is 18.4. The van der Waals surface area contributed by atoms with E-state index in [9.17, 15) is 18.3 Å². The average molecular weight is 534 g/mol. The van der Waals surface area contributed by atoms with Gasteiger partial charge in [-0.05, 0) is 71.8 Å². The number of aliphatic carboxylic acids is 1. The van der Waals surface area contributed by atoms with Gasteiger partial charge in [-0.25, -0.2) is 13.4 Å². The minimum absolute atomic E-state index is 0.175. The zero-order chi connectivity index (χ0) is 26.6. The number of hydrogen-bond donors (Lipinski definition) is 1. The number of benzene rings is 2. The van der Waals surface area contributed by atoms with Crippen LogP contribution in [0.3, 0.4) is 0 Å². The molecule has 1 aliphatic heterocycles. The van der Waals surface area contributed by atoms with E-state index >= 15 is 0 Å². The maximum atomic E-state index is 11.8. The smallest absolute Gasteiger partial charge is 0.307 e. The number of aryl methyl sites for hydroxylation is 1. The second kappa shape index (κ2) is 9.39. The number of carboxylic acids is 1. The fraction of sp³-hybridized carbons (Fsp3) is 0.379. The molecule has 3 aliphatic rings. The van der Waals surface area contributed by atoms with Crippen molar-refractivity contribution in [2.75, 3.05) is 37.3 Å². The van der Waals surface area contributed by atoms with Gasteiger partial charge in [0.2, 0.25) is 10.0 Å². The predicted molar refractivity (Wildman–Crippen MR) is 145 cm³/mol. The quantitative estimate of drug-likeness (QED) is 0.495. The third kappa shape index (κ3) is 4.65. The Morgan fingerprint density at radius 1 is 1.08 bits per heavy atom. The molecule has 0 amide bonds. The number of aromatic nitrogens is 1. The summed E-state index contributed by atoms with van der Waals surface area (Å²) in [5, 5.41) is 9.33. The molecule has 1 saturated carbocycles. The Balaban J connectivity index is 1.11. The van der Waals surface area contributed by atoms with Crippen molar-refractivity contribution in [1.29, 1.82) is 0 Å². The van der Waals surface area contributed by atoms with Crippen LogP contribution >= 0.6 is 0 Å². The molecule has 2 aliphatic carbocycles. The van der Waals surface area contributed by atoms with Crippen LogP contribution in [0.5, 0.6) is 5.75 Å². The van der Waals surface area contributed by atoms with Gasteiger partial charge >= 0.3 is 5.97 Å². The highest BCUT2D eigenvalue weighted by molar-refractivity contribution is 7.88. The van der Waals surface area contributed by atoms with Crippen molar-refractivity contribution in [3.05, 3.63) is 77.0 Å². The van der Waals surface area contributed by atoms with Crippen molar-refractivity contribution < 1.29 is 23.1 Å². The fourth-order valence-electron chi connectivity index (χ4n) is 6.09. The molecule has 2 aromatic carbocycles. The summed E-state index contributed by atoms with van der Waals surface area (Å²) in [7, 11) is -3.16. The van der Waals surface area contributed by atoms with E-state index in [-0.39, 0.29) is 17.8 Å². The zero-order valence-corrected chi connectivity index (χ0v) is 22.3. The molecule has 3 aromatic rings. The van der Waals surface area contributed by atoms with Crippen LogP contribution in [0, 0.1) is 18.8 Å². The highest BCUT2D eigenvalue weighted by atomic mass is 32.2. The first-order chi connectivity index (χ1) is 18.2. The zero-order valence-electron chi connectivity index (χ0n) is 21.5. The van der Waals surface area contributed by atoms with Crippen molar-refractivity contribution in [2.45, 2.75) is 25.9 Å². The molecule has 1 unspecified atom stereocenters. The highest BCUT2D eigenvalue weighted by Gasteiger charge is 2.59. The van der Waals surface area contributed by atoms with Gasteiger partial charge in [0.1, 0.15) is 18.2 Å². The summed E-state index contributed by atoms with van der Waals surface area (Å²) in [5.41, 5.74) is 6.47. The number of rotatable bonds is 7. The van der Waals surface area contributed by atoms with Crippen molar-refractivity contribution in [3.63, 3.8) is 0 Å². The van der Waals surface area contributed by atoms with Crippen molar-refractivity contribution >= 4 is 21.8 Å². The molecule has 0 spiro atoms. The van der Waals surface area contributed by atoms with Crippen LogP contribution < -0.4 is 9.64 Å². The normalized spacial score (nSPS) is 22.6. The van der Waals surface area contributed by atoms with Gasteiger partial charge in [-0.2, -0.15) is 4.31 Å². The van der Waals surface area contributed by atoms with E-state index in [1.807, 2.05) is 37.3 Å². The van der Waals surface area contributed by atoms with Crippen LogP contribution in [0.25, 0.3) is 11.1 Å². The first kappa shape index (κ1) is 24.9. The largest absolute Gasteiger partial charge is 0.489 e. The van der Waals surface area contributed by atoms with Crippen LogP contribution in [-0.4, -0.2) is 61.2 Å². The Morgan fingerprint density at radius 3 is 2.58 bits per heavy atom. The van der Waals surface area contributed by atoms with Crippen LogP contribution in [0.2, 0.25) is 0 Å². The molecule has 0 bridgehead atoms. The lowest BCUT2D eigenvalue weighted by molar-refractivity contribution is -0.139. The number of sulfonamides is 1. The Bertz CT molecular complexity index is 1510. The molecule has 38 heavy (non-hydrogen) atoms. The van der Waals surface area contributed by atoms with Gasteiger partial charge in [0, 0.05) is 43.4 Å². The lowest BCUT2D eigenvalue weighted by Gasteiger charge is -2.34. The number of carboxylic acid groups (broad SMARTS) is 1. The van der Waals surface area contributed by atoms with E-state index in [0.717, 1.165) is 40.4 Å². The molecule has 1 aromatic heterocycles. The predicted octanol–water partition coefficient (Wildman–Crippen LogP) is 3.69. The number of nitrogens with zero attached hydrogens (tertiary/aromatic N) is 3. The van der Waals surface area contributed by atoms with E-state index in [1.165, 1.54) is 21.7 Å². The summed E-state index contributed by atoms with van der Waals surface area (Å²) in [6.07, 6.45) is 2.07. The first-order valence-corrected chi connectivity index (χ1v) is 14.8. The number of pyridine rings is 1. The Labute approximate surface area is 222 Å². The number of piperazine rings is 1. The van der Waals surface area contributed by atoms with Gasteiger partial charge in [0.15, 0.2) is 0 Å². The molecular weight excluding hydrogens is 502 g/mol. The number of ether oxygens (including phenoxy) is 1. The molecule has 2 heterocycles. The van der Waals surface area contributed by atoms with E-state index in [4.69, 9.17) is 9.72 Å². The van der Waals surface area contributed by atoms with Crippen LogP contribution in [-0.2, 0) is 27.8 Å². The summed E-state index contributed by atoms with van der Waals surface area (Å²) in [4.78, 5) is 18.3. The number of anilines is 1. The molecule has 3 atom stereocenters. The van der Waals surface area contributed by atoms with Crippen molar-refractivity contribution in [1.82, 2.24) is 9.29 Å². The third-order valence-corrected chi connectivity index (χ3v) is 9.43. The number of fused-ring (bicyclic) bond motifs is 3. The topological polar surface area (TPSA) is 100 Å². The SMILES string of the molecule is Cc1nc(N2CCN(S(C)(=O)=O)CC2)ccc1-c1cccc(COc2ccc3c(c2)C[C@H]2C(C(=O)O)[C@@H]32)c1. The van der Waals surface area contributed by atoms with Gasteiger partial charge in [-0.15, -0.1) is 0 Å². The second-order valence-corrected chi connectivity index (χ2v) is 12.5. The van der Waals surface area contributed by atoms with Crippen LogP contribution in [0.15, 0.2) is 54.6 Å². The summed E-state index contributed by atoms with van der Waals surface area (Å²) in [6.45, 7) is 4.62. The minimum Gasteiger partial charge on any atom is -0.489 e. The molecule has 2 fully saturated rings. The summed E-state index contributed by atoms with van der Waals surface area (Å²) < 4.78 is 31.2. The van der Waals surface area contributed by atoms with Crippen LogP contribution in [0.1, 0.15) is 28.3 Å². The van der Waals surface area contributed by atoms with E-state index in [1.54, 1.807) is 0 Å². The van der Waals surface area contributed by atoms with E-state index in [2.05, 4.69) is 29.2 Å². The first-order valence-electron chi connectivity index (χ1n) is 12.9. The van der Waals surface area contributed by atoms with Gasteiger partial charge in [-0.1, -0.05) is 24.3 Å². The molecule has 6 rings (SSSR count). The van der Waals surface area contributed by atoms with Crippen molar-refractivity contribution in [2.24, 2.45) is 11.8 Å². The van der Waals surface area contributed by atoms with Gasteiger partial charge in [0.05, 0.1) is 12.2 Å².